The molecule has 0 fully saturated rings. The number of carboxylic acid groups (broad SMARTS) is 2. The number of esters is 1. The van der Waals surface area contributed by atoms with Gasteiger partial charge in [0.05, 0.1) is 19.1 Å². The molecular weight excluding hydrogens is 335 g/mol. The molecule has 134 valence electrons. The van der Waals surface area contributed by atoms with E-state index in [4.69, 9.17) is 20.7 Å². The number of aliphatic carboxylic acids is 2. The largest absolute Gasteiger partial charge is 0.490 e. The van der Waals surface area contributed by atoms with Crippen LogP contribution < -0.4 is 5.73 Å². The van der Waals surface area contributed by atoms with Gasteiger partial charge in [-0.15, -0.1) is 0 Å². The number of halogens is 3. The lowest BCUT2D eigenvalue weighted by atomic mass is 9.95. The molecule has 0 radical (unpaired) electrons. The lowest BCUT2D eigenvalue weighted by Gasteiger charge is -2.12. The van der Waals surface area contributed by atoms with Crippen molar-refractivity contribution in [2.75, 3.05) is 13.7 Å². The average molecular weight is 351 g/mol. The van der Waals surface area contributed by atoms with E-state index in [1.165, 1.54) is 7.11 Å². The van der Waals surface area contributed by atoms with Gasteiger partial charge in [0, 0.05) is 5.92 Å². The molecule has 1 aromatic carbocycles. The summed E-state index contributed by atoms with van der Waals surface area (Å²) in [5.74, 6) is -4.30. The number of rotatable bonds is 5. The SMILES string of the molecule is COC(=O)c1ccc(C(CN)CC(=O)O)cc1.O=C(O)C(F)(F)F. The fourth-order valence-electron chi connectivity index (χ4n) is 1.56. The standard InChI is InChI=1S/C12H15NO4.C2HF3O2/c1-17-12(16)9-4-2-8(3-5-9)10(7-13)6-11(14)15;3-2(4,5)1(6)7/h2-5,10H,6-7,13H2,1H3,(H,14,15);(H,6,7). The monoisotopic (exact) mass is 351 g/mol. The maximum atomic E-state index is 11.2. The molecule has 10 heteroatoms. The fraction of sp³-hybridized carbons (Fsp3) is 0.357. The van der Waals surface area contributed by atoms with Crippen LogP contribution in [0.4, 0.5) is 13.2 Å². The molecule has 0 saturated heterocycles. The van der Waals surface area contributed by atoms with Gasteiger partial charge >= 0.3 is 24.1 Å². The van der Waals surface area contributed by atoms with Crippen molar-refractivity contribution >= 4 is 17.9 Å². The first-order valence-corrected chi connectivity index (χ1v) is 6.43. The van der Waals surface area contributed by atoms with Gasteiger partial charge < -0.3 is 20.7 Å². The fourth-order valence-corrected chi connectivity index (χ4v) is 1.56. The minimum absolute atomic E-state index is 0.0198. The predicted molar refractivity (Wildman–Crippen MR) is 75.5 cm³/mol. The van der Waals surface area contributed by atoms with Crippen LogP contribution in [-0.4, -0.2) is 48.0 Å². The molecule has 0 spiro atoms. The third-order valence-corrected chi connectivity index (χ3v) is 2.75. The maximum absolute atomic E-state index is 11.2. The van der Waals surface area contributed by atoms with Gasteiger partial charge in [-0.1, -0.05) is 12.1 Å². The Morgan fingerprint density at radius 2 is 1.62 bits per heavy atom. The van der Waals surface area contributed by atoms with Crippen molar-refractivity contribution in [2.24, 2.45) is 5.73 Å². The van der Waals surface area contributed by atoms with Crippen molar-refractivity contribution in [3.8, 4) is 0 Å². The van der Waals surface area contributed by atoms with Gasteiger partial charge in [-0.2, -0.15) is 13.2 Å². The highest BCUT2D eigenvalue weighted by Crippen LogP contribution is 2.19. The number of alkyl halides is 3. The van der Waals surface area contributed by atoms with Crippen molar-refractivity contribution in [3.63, 3.8) is 0 Å². The van der Waals surface area contributed by atoms with Gasteiger partial charge in [0.15, 0.2) is 0 Å². The lowest BCUT2D eigenvalue weighted by Crippen LogP contribution is -2.21. The maximum Gasteiger partial charge on any atom is 0.490 e. The first-order chi connectivity index (χ1) is 11.0. The number of hydrogen-bond acceptors (Lipinski definition) is 5. The molecule has 24 heavy (non-hydrogen) atoms. The van der Waals surface area contributed by atoms with E-state index in [9.17, 15) is 22.8 Å². The number of ether oxygens (including phenoxy) is 1. The van der Waals surface area contributed by atoms with E-state index in [2.05, 4.69) is 4.74 Å². The highest BCUT2D eigenvalue weighted by atomic mass is 19.4. The molecule has 0 aliphatic heterocycles. The van der Waals surface area contributed by atoms with E-state index in [1.54, 1.807) is 24.3 Å². The van der Waals surface area contributed by atoms with Gasteiger partial charge in [0.1, 0.15) is 0 Å². The van der Waals surface area contributed by atoms with E-state index < -0.39 is 24.1 Å². The molecule has 1 aromatic rings. The zero-order valence-electron chi connectivity index (χ0n) is 12.5. The molecule has 0 bridgehead atoms. The first kappa shape index (κ1) is 21.4. The van der Waals surface area contributed by atoms with E-state index >= 15 is 0 Å². The number of carbonyl (C=O) groups is 3. The molecule has 7 nitrogen and oxygen atoms in total. The van der Waals surface area contributed by atoms with Crippen LogP contribution in [0.2, 0.25) is 0 Å². The molecule has 0 aliphatic rings. The highest BCUT2D eigenvalue weighted by molar-refractivity contribution is 5.89. The zero-order chi connectivity index (χ0) is 18.9. The second-order valence-electron chi connectivity index (χ2n) is 4.45. The summed E-state index contributed by atoms with van der Waals surface area (Å²) in [4.78, 5) is 30.7. The lowest BCUT2D eigenvalue weighted by molar-refractivity contribution is -0.192. The summed E-state index contributed by atoms with van der Waals surface area (Å²) in [7, 11) is 1.31. The van der Waals surface area contributed by atoms with Crippen molar-refractivity contribution in [1.82, 2.24) is 0 Å². The van der Waals surface area contributed by atoms with Gasteiger partial charge in [-0.3, -0.25) is 4.79 Å². The quantitative estimate of drug-likeness (QED) is 0.688. The minimum atomic E-state index is -5.08. The second kappa shape index (κ2) is 9.50. The minimum Gasteiger partial charge on any atom is -0.481 e. The Morgan fingerprint density at radius 3 is 1.92 bits per heavy atom. The number of benzene rings is 1. The highest BCUT2D eigenvalue weighted by Gasteiger charge is 2.38. The van der Waals surface area contributed by atoms with Crippen LogP contribution in [-0.2, 0) is 14.3 Å². The summed E-state index contributed by atoms with van der Waals surface area (Å²) in [6, 6.07) is 6.61. The predicted octanol–water partition coefficient (Wildman–Crippen LogP) is 1.62. The summed E-state index contributed by atoms with van der Waals surface area (Å²) in [6.45, 7) is 0.254. The van der Waals surface area contributed by atoms with Gasteiger partial charge in [0.25, 0.3) is 0 Å². The van der Waals surface area contributed by atoms with Crippen LogP contribution in [0.5, 0.6) is 0 Å². The van der Waals surface area contributed by atoms with Crippen LogP contribution >= 0.6 is 0 Å². The number of carbonyl (C=O) groups excluding carboxylic acids is 1. The van der Waals surface area contributed by atoms with Crippen LogP contribution in [0.1, 0.15) is 28.3 Å². The summed E-state index contributed by atoms with van der Waals surface area (Å²) >= 11 is 0. The Kier molecular flexibility index (Phi) is 8.47. The number of hydrogen-bond donors (Lipinski definition) is 3. The van der Waals surface area contributed by atoms with Crippen LogP contribution in [0.25, 0.3) is 0 Å². The Labute approximate surface area is 134 Å². The molecular formula is C14H16F3NO6. The van der Waals surface area contributed by atoms with E-state index in [1.807, 2.05) is 0 Å². The van der Waals surface area contributed by atoms with Crippen molar-refractivity contribution in [3.05, 3.63) is 35.4 Å². The second-order valence-corrected chi connectivity index (χ2v) is 4.45. The van der Waals surface area contributed by atoms with Crippen LogP contribution in [0.3, 0.4) is 0 Å². The molecule has 1 rings (SSSR count). The average Bonchev–Trinajstić information content (AvgIpc) is 2.51. The Balaban J connectivity index is 0.000000640. The number of methoxy groups -OCH3 is 1. The Morgan fingerprint density at radius 1 is 1.17 bits per heavy atom. The Hall–Kier alpha value is -2.62. The molecule has 0 heterocycles. The molecule has 4 N–H and O–H groups in total. The Bertz CT molecular complexity index is 571. The zero-order valence-corrected chi connectivity index (χ0v) is 12.5. The molecule has 1 atom stereocenters. The van der Waals surface area contributed by atoms with Crippen molar-refractivity contribution in [2.45, 2.75) is 18.5 Å². The van der Waals surface area contributed by atoms with E-state index in [-0.39, 0.29) is 18.9 Å². The molecule has 0 saturated carbocycles. The van der Waals surface area contributed by atoms with Crippen LogP contribution in [0.15, 0.2) is 24.3 Å². The summed E-state index contributed by atoms with van der Waals surface area (Å²) in [6.07, 6.45) is -5.10. The van der Waals surface area contributed by atoms with Crippen LogP contribution in [0, 0.1) is 0 Å². The molecule has 0 aliphatic carbocycles. The van der Waals surface area contributed by atoms with E-state index in [0.717, 1.165) is 5.56 Å². The van der Waals surface area contributed by atoms with Gasteiger partial charge in [-0.05, 0) is 24.2 Å². The number of carboxylic acids is 2. The molecule has 0 amide bonds. The van der Waals surface area contributed by atoms with E-state index in [0.29, 0.717) is 5.56 Å². The molecule has 1 unspecified atom stereocenters. The smallest absolute Gasteiger partial charge is 0.481 e. The third kappa shape index (κ3) is 7.58. The van der Waals surface area contributed by atoms with Crippen molar-refractivity contribution in [1.29, 1.82) is 0 Å². The molecule has 0 aromatic heterocycles. The third-order valence-electron chi connectivity index (χ3n) is 2.75. The van der Waals surface area contributed by atoms with Crippen molar-refractivity contribution < 1.29 is 42.5 Å². The van der Waals surface area contributed by atoms with Gasteiger partial charge in [0.2, 0.25) is 0 Å². The summed E-state index contributed by atoms with van der Waals surface area (Å²) in [5, 5.41) is 15.9. The summed E-state index contributed by atoms with van der Waals surface area (Å²) < 4.78 is 36.3. The first-order valence-electron chi connectivity index (χ1n) is 6.43. The van der Waals surface area contributed by atoms with Gasteiger partial charge in [-0.25, -0.2) is 9.59 Å². The number of nitrogens with two attached hydrogens (primary N) is 1. The normalized spacial score (nSPS) is 11.7. The topological polar surface area (TPSA) is 127 Å². The summed E-state index contributed by atoms with van der Waals surface area (Å²) in [5.41, 5.74) is 6.76.